The summed E-state index contributed by atoms with van der Waals surface area (Å²) in [7, 11) is 0. The average molecular weight is 270 g/mol. The normalized spacial score (nSPS) is 13.8. The SMILES string of the molecule is C=CCC(CCCCCC)OC(CCC)OC(C)=O. The van der Waals surface area contributed by atoms with Gasteiger partial charge in [0.2, 0.25) is 6.29 Å². The molecule has 19 heavy (non-hydrogen) atoms. The van der Waals surface area contributed by atoms with Gasteiger partial charge in [0.05, 0.1) is 6.10 Å². The molecule has 3 heteroatoms. The number of hydrogen-bond acceptors (Lipinski definition) is 3. The molecule has 0 bridgehead atoms. The van der Waals surface area contributed by atoms with Gasteiger partial charge in [0.25, 0.3) is 0 Å². The van der Waals surface area contributed by atoms with Crippen LogP contribution in [0.25, 0.3) is 0 Å². The molecule has 0 heterocycles. The number of carbonyl (C=O) groups excluding carboxylic acids is 1. The van der Waals surface area contributed by atoms with Crippen molar-refractivity contribution in [3.63, 3.8) is 0 Å². The van der Waals surface area contributed by atoms with E-state index < -0.39 is 6.29 Å². The highest BCUT2D eigenvalue weighted by Gasteiger charge is 2.17. The Kier molecular flexibility index (Phi) is 11.7. The zero-order chi connectivity index (χ0) is 14.5. The van der Waals surface area contributed by atoms with Crippen LogP contribution in [0.4, 0.5) is 0 Å². The molecule has 0 rings (SSSR count). The van der Waals surface area contributed by atoms with E-state index in [9.17, 15) is 4.79 Å². The smallest absolute Gasteiger partial charge is 0.304 e. The lowest BCUT2D eigenvalue weighted by atomic mass is 10.1. The van der Waals surface area contributed by atoms with Crippen molar-refractivity contribution < 1.29 is 14.3 Å². The van der Waals surface area contributed by atoms with Gasteiger partial charge in [0.1, 0.15) is 0 Å². The summed E-state index contributed by atoms with van der Waals surface area (Å²) in [6, 6.07) is 0. The standard InChI is InChI=1S/C16H30O3/c1-5-8-9-10-13-15(11-6-2)19-16(12-7-3)18-14(4)17/h6,15-16H,2,5,7-13H2,1,3-4H3. The number of unbranched alkanes of at least 4 members (excludes halogenated alkanes) is 3. The molecule has 0 aliphatic heterocycles. The van der Waals surface area contributed by atoms with Gasteiger partial charge in [0, 0.05) is 13.3 Å². The third-order valence-corrected chi connectivity index (χ3v) is 2.98. The van der Waals surface area contributed by atoms with Crippen LogP contribution in [0.5, 0.6) is 0 Å². The Bertz CT molecular complexity index is 238. The lowest BCUT2D eigenvalue weighted by molar-refractivity contribution is -0.189. The van der Waals surface area contributed by atoms with Gasteiger partial charge < -0.3 is 9.47 Å². The van der Waals surface area contributed by atoms with Crippen LogP contribution in [-0.2, 0) is 14.3 Å². The van der Waals surface area contributed by atoms with E-state index in [0.717, 1.165) is 32.1 Å². The van der Waals surface area contributed by atoms with Gasteiger partial charge in [0.15, 0.2) is 0 Å². The Morgan fingerprint density at radius 2 is 1.89 bits per heavy atom. The molecule has 0 aromatic heterocycles. The predicted octanol–water partition coefficient (Wildman–Crippen LogP) is 4.61. The maximum absolute atomic E-state index is 11.0. The fourth-order valence-electron chi connectivity index (χ4n) is 2.02. The van der Waals surface area contributed by atoms with Gasteiger partial charge in [-0.25, -0.2) is 0 Å². The summed E-state index contributed by atoms with van der Waals surface area (Å²) in [6.07, 6.45) is 10.00. The topological polar surface area (TPSA) is 35.5 Å². The highest BCUT2D eigenvalue weighted by atomic mass is 16.7. The molecule has 0 amide bonds. The van der Waals surface area contributed by atoms with Crippen molar-refractivity contribution >= 4 is 5.97 Å². The minimum absolute atomic E-state index is 0.116. The Hall–Kier alpha value is -0.830. The molecule has 0 fully saturated rings. The van der Waals surface area contributed by atoms with E-state index in [-0.39, 0.29) is 12.1 Å². The van der Waals surface area contributed by atoms with Crippen LogP contribution in [0.1, 0.15) is 72.1 Å². The summed E-state index contributed by atoms with van der Waals surface area (Å²) in [4.78, 5) is 11.0. The molecule has 0 aromatic carbocycles. The number of hydrogen-bond donors (Lipinski definition) is 0. The summed E-state index contributed by atoms with van der Waals surface area (Å²) < 4.78 is 11.1. The van der Waals surface area contributed by atoms with Crippen LogP contribution in [0.3, 0.4) is 0 Å². The van der Waals surface area contributed by atoms with Gasteiger partial charge in [-0.2, -0.15) is 0 Å². The van der Waals surface area contributed by atoms with Crippen LogP contribution < -0.4 is 0 Å². The van der Waals surface area contributed by atoms with Crippen molar-refractivity contribution in [1.29, 1.82) is 0 Å². The van der Waals surface area contributed by atoms with Crippen LogP contribution in [0.2, 0.25) is 0 Å². The predicted molar refractivity (Wildman–Crippen MR) is 78.9 cm³/mol. The molecular formula is C16H30O3. The van der Waals surface area contributed by atoms with E-state index in [4.69, 9.17) is 9.47 Å². The summed E-state index contributed by atoms with van der Waals surface area (Å²) >= 11 is 0. The average Bonchev–Trinajstić information content (AvgIpc) is 2.34. The van der Waals surface area contributed by atoms with Gasteiger partial charge in [-0.1, -0.05) is 52.0 Å². The van der Waals surface area contributed by atoms with Crippen molar-refractivity contribution in [2.24, 2.45) is 0 Å². The Morgan fingerprint density at radius 3 is 2.42 bits per heavy atom. The number of ether oxygens (including phenoxy) is 2. The Labute approximate surface area is 118 Å². The fourth-order valence-corrected chi connectivity index (χ4v) is 2.02. The zero-order valence-electron chi connectivity index (χ0n) is 12.8. The van der Waals surface area contributed by atoms with Crippen molar-refractivity contribution in [2.75, 3.05) is 0 Å². The minimum atomic E-state index is -0.404. The molecule has 0 radical (unpaired) electrons. The third kappa shape index (κ3) is 10.8. The zero-order valence-corrected chi connectivity index (χ0v) is 12.8. The summed E-state index contributed by atoms with van der Waals surface area (Å²) in [5, 5.41) is 0. The molecule has 2 atom stereocenters. The first-order chi connectivity index (χ1) is 9.13. The van der Waals surface area contributed by atoms with E-state index in [1.54, 1.807) is 0 Å². The van der Waals surface area contributed by atoms with E-state index in [2.05, 4.69) is 20.4 Å². The second-order valence-corrected chi connectivity index (χ2v) is 4.96. The quantitative estimate of drug-likeness (QED) is 0.225. The molecule has 0 aromatic rings. The maximum atomic E-state index is 11.0. The lowest BCUT2D eigenvalue weighted by Crippen LogP contribution is -2.26. The van der Waals surface area contributed by atoms with Gasteiger partial charge in [-0.3, -0.25) is 4.79 Å². The van der Waals surface area contributed by atoms with E-state index >= 15 is 0 Å². The van der Waals surface area contributed by atoms with Crippen LogP contribution in [0.15, 0.2) is 12.7 Å². The molecular weight excluding hydrogens is 240 g/mol. The van der Waals surface area contributed by atoms with E-state index in [1.807, 2.05) is 6.08 Å². The molecule has 0 spiro atoms. The van der Waals surface area contributed by atoms with E-state index in [1.165, 1.54) is 26.2 Å². The van der Waals surface area contributed by atoms with Crippen molar-refractivity contribution in [1.82, 2.24) is 0 Å². The maximum Gasteiger partial charge on any atom is 0.304 e. The molecule has 0 saturated heterocycles. The fraction of sp³-hybridized carbons (Fsp3) is 0.812. The second kappa shape index (κ2) is 12.2. The summed E-state index contributed by atoms with van der Waals surface area (Å²) in [5.74, 6) is -0.276. The monoisotopic (exact) mass is 270 g/mol. The summed E-state index contributed by atoms with van der Waals surface area (Å²) in [6.45, 7) is 9.46. The number of carbonyl (C=O) groups is 1. The third-order valence-electron chi connectivity index (χ3n) is 2.98. The molecule has 0 aliphatic carbocycles. The van der Waals surface area contributed by atoms with Crippen molar-refractivity contribution in [2.45, 2.75) is 84.5 Å². The molecule has 0 N–H and O–H groups in total. The molecule has 0 saturated carbocycles. The Morgan fingerprint density at radius 1 is 1.16 bits per heavy atom. The van der Waals surface area contributed by atoms with Crippen LogP contribution >= 0.6 is 0 Å². The molecule has 112 valence electrons. The highest BCUT2D eigenvalue weighted by Crippen LogP contribution is 2.16. The van der Waals surface area contributed by atoms with Gasteiger partial charge in [-0.05, 0) is 12.8 Å². The molecule has 3 nitrogen and oxygen atoms in total. The number of rotatable bonds is 12. The van der Waals surface area contributed by atoms with Gasteiger partial charge >= 0.3 is 5.97 Å². The first kappa shape index (κ1) is 18.2. The first-order valence-electron chi connectivity index (χ1n) is 7.57. The summed E-state index contributed by atoms with van der Waals surface area (Å²) in [5.41, 5.74) is 0. The van der Waals surface area contributed by atoms with Gasteiger partial charge in [-0.15, -0.1) is 6.58 Å². The Balaban J connectivity index is 4.16. The minimum Gasteiger partial charge on any atom is -0.436 e. The van der Waals surface area contributed by atoms with Crippen LogP contribution in [0, 0.1) is 0 Å². The lowest BCUT2D eigenvalue weighted by Gasteiger charge is -2.23. The largest absolute Gasteiger partial charge is 0.436 e. The first-order valence-corrected chi connectivity index (χ1v) is 7.57. The van der Waals surface area contributed by atoms with E-state index in [0.29, 0.717) is 0 Å². The van der Waals surface area contributed by atoms with Crippen molar-refractivity contribution in [3.05, 3.63) is 12.7 Å². The second-order valence-electron chi connectivity index (χ2n) is 4.96. The number of esters is 1. The van der Waals surface area contributed by atoms with Crippen LogP contribution in [-0.4, -0.2) is 18.4 Å². The van der Waals surface area contributed by atoms with Crippen molar-refractivity contribution in [3.8, 4) is 0 Å². The highest BCUT2D eigenvalue weighted by molar-refractivity contribution is 5.66. The molecule has 0 aliphatic rings. The molecule has 2 unspecified atom stereocenters.